The highest BCUT2D eigenvalue weighted by Crippen LogP contribution is 2.46. The molecule has 5 nitrogen and oxygen atoms in total. The standard InChI is InChI=1S/C22H35FN2O3Si/c1-15-19(28-20(12-14-26)21(15)29(2,3)23)11-8-16-6-9-17(10-7-16)25-22(27)18-5-4-13-24-18/h6-7,9-10,15,18-21,24,26H,4-5,8,11-14H2,1-3H3,(H,25,27)/t15-,18+,19+,20-,21+/m0/s1. The Labute approximate surface area is 174 Å². The highest BCUT2D eigenvalue weighted by Gasteiger charge is 2.50. The summed E-state index contributed by atoms with van der Waals surface area (Å²) >= 11 is 0. The summed E-state index contributed by atoms with van der Waals surface area (Å²) in [7, 11) is -2.85. The van der Waals surface area contributed by atoms with Crippen LogP contribution in [0.1, 0.15) is 38.2 Å². The Bertz CT molecular complexity index is 674. The van der Waals surface area contributed by atoms with Crippen molar-refractivity contribution in [3.63, 3.8) is 0 Å². The van der Waals surface area contributed by atoms with E-state index in [1.54, 1.807) is 13.1 Å². The summed E-state index contributed by atoms with van der Waals surface area (Å²) < 4.78 is 21.0. The lowest BCUT2D eigenvalue weighted by atomic mass is 9.95. The van der Waals surface area contributed by atoms with Gasteiger partial charge in [-0.25, -0.2) is 0 Å². The van der Waals surface area contributed by atoms with Crippen LogP contribution >= 0.6 is 0 Å². The minimum Gasteiger partial charge on any atom is -0.396 e. The summed E-state index contributed by atoms with van der Waals surface area (Å²) in [5, 5.41) is 15.5. The zero-order chi connectivity index (χ0) is 21.0. The number of aryl methyl sites for hydroxylation is 1. The normalized spacial score (nSPS) is 29.9. The van der Waals surface area contributed by atoms with E-state index in [0.717, 1.165) is 37.9 Å². The smallest absolute Gasteiger partial charge is 0.246 e. The number of carbonyl (C=O) groups is 1. The van der Waals surface area contributed by atoms with Crippen LogP contribution in [-0.4, -0.2) is 50.8 Å². The molecule has 1 aromatic carbocycles. The maximum atomic E-state index is 14.9. The Hall–Kier alpha value is -1.28. The number of nitrogens with one attached hydrogen (secondary N) is 2. The van der Waals surface area contributed by atoms with Gasteiger partial charge in [-0.3, -0.25) is 4.79 Å². The SMILES string of the molecule is C[C@@H]1[C@@H]([Si](C)(C)F)[C@H](CCO)O[C@@H]1CCc1ccc(NC(=O)[C@H]2CCCN2)cc1. The zero-order valence-electron chi connectivity index (χ0n) is 17.8. The van der Waals surface area contributed by atoms with Gasteiger partial charge in [0.25, 0.3) is 0 Å². The van der Waals surface area contributed by atoms with Gasteiger partial charge in [0.05, 0.1) is 18.2 Å². The Morgan fingerprint density at radius 2 is 2.00 bits per heavy atom. The third kappa shape index (κ3) is 5.66. The van der Waals surface area contributed by atoms with Crippen molar-refractivity contribution in [1.82, 2.24) is 5.32 Å². The van der Waals surface area contributed by atoms with Gasteiger partial charge in [0.2, 0.25) is 14.3 Å². The molecule has 2 heterocycles. The lowest BCUT2D eigenvalue weighted by Gasteiger charge is -2.28. The van der Waals surface area contributed by atoms with Crippen molar-refractivity contribution in [2.75, 3.05) is 18.5 Å². The van der Waals surface area contributed by atoms with E-state index in [9.17, 15) is 14.0 Å². The van der Waals surface area contributed by atoms with Crippen molar-refractivity contribution in [1.29, 1.82) is 0 Å². The van der Waals surface area contributed by atoms with Gasteiger partial charge >= 0.3 is 0 Å². The fourth-order valence-electron chi connectivity index (χ4n) is 4.98. The Kier molecular flexibility index (Phi) is 7.48. The quantitative estimate of drug-likeness (QED) is 0.442. The molecule has 2 saturated heterocycles. The van der Waals surface area contributed by atoms with E-state index < -0.39 is 8.41 Å². The number of carbonyl (C=O) groups excluding carboxylic acids is 1. The second-order valence-electron chi connectivity index (χ2n) is 9.05. The summed E-state index contributed by atoms with van der Waals surface area (Å²) in [6.45, 7) is 6.53. The van der Waals surface area contributed by atoms with E-state index in [2.05, 4.69) is 17.6 Å². The summed E-state index contributed by atoms with van der Waals surface area (Å²) in [4.78, 5) is 12.2. The van der Waals surface area contributed by atoms with E-state index in [0.29, 0.717) is 6.42 Å². The Morgan fingerprint density at radius 3 is 2.59 bits per heavy atom. The van der Waals surface area contributed by atoms with Crippen molar-refractivity contribution in [3.05, 3.63) is 29.8 Å². The first kappa shape index (κ1) is 22.4. The van der Waals surface area contributed by atoms with Gasteiger partial charge in [0.15, 0.2) is 0 Å². The van der Waals surface area contributed by atoms with Crippen LogP contribution in [0.25, 0.3) is 0 Å². The summed E-state index contributed by atoms with van der Waals surface area (Å²) in [6.07, 6.45) is 3.97. The number of aliphatic hydroxyl groups excluding tert-OH is 1. The molecule has 0 bridgehead atoms. The van der Waals surface area contributed by atoms with Gasteiger partial charge in [-0.15, -0.1) is 0 Å². The fourth-order valence-corrected chi connectivity index (χ4v) is 7.57. The zero-order valence-corrected chi connectivity index (χ0v) is 18.8. The van der Waals surface area contributed by atoms with Crippen LogP contribution in [0.15, 0.2) is 24.3 Å². The molecule has 29 heavy (non-hydrogen) atoms. The van der Waals surface area contributed by atoms with Crippen molar-refractivity contribution in [2.24, 2.45) is 5.92 Å². The first-order valence-corrected chi connectivity index (χ1v) is 13.8. The second kappa shape index (κ2) is 9.68. The highest BCUT2D eigenvalue weighted by molar-refractivity contribution is 6.72. The molecule has 7 heteroatoms. The predicted octanol–water partition coefficient (Wildman–Crippen LogP) is 3.64. The molecule has 2 fully saturated rings. The minimum atomic E-state index is -2.85. The average molecular weight is 423 g/mol. The van der Waals surface area contributed by atoms with E-state index in [1.807, 2.05) is 24.3 Å². The lowest BCUT2D eigenvalue weighted by molar-refractivity contribution is -0.117. The van der Waals surface area contributed by atoms with Crippen LogP contribution in [-0.2, 0) is 16.0 Å². The fraction of sp³-hybridized carbons (Fsp3) is 0.682. The van der Waals surface area contributed by atoms with Crippen LogP contribution in [0, 0.1) is 5.92 Å². The number of hydrogen-bond donors (Lipinski definition) is 3. The number of hydrogen-bond acceptors (Lipinski definition) is 4. The largest absolute Gasteiger partial charge is 0.396 e. The van der Waals surface area contributed by atoms with E-state index in [-0.39, 0.29) is 42.2 Å². The number of ether oxygens (including phenoxy) is 1. The molecule has 0 unspecified atom stereocenters. The molecule has 3 N–H and O–H groups in total. The molecule has 0 spiro atoms. The van der Waals surface area contributed by atoms with Gasteiger partial charge in [0, 0.05) is 17.8 Å². The van der Waals surface area contributed by atoms with Gasteiger partial charge < -0.3 is 24.6 Å². The van der Waals surface area contributed by atoms with Crippen LogP contribution in [0.4, 0.5) is 9.80 Å². The third-order valence-electron chi connectivity index (χ3n) is 6.43. The van der Waals surface area contributed by atoms with Crippen molar-refractivity contribution < 1.29 is 18.7 Å². The Morgan fingerprint density at radius 1 is 1.28 bits per heavy atom. The lowest BCUT2D eigenvalue weighted by Crippen LogP contribution is -2.36. The van der Waals surface area contributed by atoms with Crippen LogP contribution in [0.5, 0.6) is 0 Å². The van der Waals surface area contributed by atoms with E-state index in [4.69, 9.17) is 4.74 Å². The summed E-state index contributed by atoms with van der Waals surface area (Å²) in [5.41, 5.74) is 1.92. The van der Waals surface area contributed by atoms with Crippen molar-refractivity contribution in [2.45, 2.75) is 75.9 Å². The number of halogens is 1. The minimum absolute atomic E-state index is 0.0203. The van der Waals surface area contributed by atoms with Gasteiger partial charge in [0.1, 0.15) is 0 Å². The molecule has 0 radical (unpaired) electrons. The van der Waals surface area contributed by atoms with Crippen molar-refractivity contribution in [3.8, 4) is 0 Å². The van der Waals surface area contributed by atoms with Crippen LogP contribution in [0.2, 0.25) is 18.6 Å². The second-order valence-corrected chi connectivity index (χ2v) is 12.8. The molecule has 2 aliphatic heterocycles. The first-order valence-electron chi connectivity index (χ1n) is 10.9. The molecule has 0 saturated carbocycles. The topological polar surface area (TPSA) is 70.6 Å². The number of rotatable bonds is 8. The summed E-state index contributed by atoms with van der Waals surface area (Å²) in [5.74, 6) is 0.193. The molecule has 162 valence electrons. The molecule has 1 aromatic rings. The number of amides is 1. The maximum absolute atomic E-state index is 14.9. The summed E-state index contributed by atoms with van der Waals surface area (Å²) in [6, 6.07) is 7.87. The molecule has 5 atom stereocenters. The Balaban J connectivity index is 1.53. The van der Waals surface area contributed by atoms with Gasteiger partial charge in [-0.2, -0.15) is 0 Å². The predicted molar refractivity (Wildman–Crippen MR) is 116 cm³/mol. The highest BCUT2D eigenvalue weighted by atomic mass is 28.4. The maximum Gasteiger partial charge on any atom is 0.246 e. The van der Waals surface area contributed by atoms with E-state index in [1.165, 1.54) is 5.56 Å². The molecular weight excluding hydrogens is 387 g/mol. The molecular formula is C22H35FN2O3Si. The molecule has 0 aliphatic carbocycles. The van der Waals surface area contributed by atoms with Gasteiger partial charge in [-0.05, 0) is 75.4 Å². The monoisotopic (exact) mass is 422 g/mol. The number of aliphatic hydroxyl groups is 1. The number of anilines is 1. The van der Waals surface area contributed by atoms with Crippen molar-refractivity contribution >= 4 is 20.0 Å². The first-order chi connectivity index (χ1) is 13.8. The average Bonchev–Trinajstić information content (AvgIpc) is 3.29. The number of benzene rings is 1. The molecule has 0 aromatic heterocycles. The molecule has 1 amide bonds. The third-order valence-corrected chi connectivity index (χ3v) is 8.91. The van der Waals surface area contributed by atoms with E-state index >= 15 is 0 Å². The van der Waals surface area contributed by atoms with Crippen LogP contribution in [0.3, 0.4) is 0 Å². The molecule has 2 aliphatic rings. The van der Waals surface area contributed by atoms with Crippen LogP contribution < -0.4 is 10.6 Å². The van der Waals surface area contributed by atoms with Gasteiger partial charge in [-0.1, -0.05) is 19.1 Å². The molecule has 3 rings (SSSR count).